The minimum absolute atomic E-state index is 0. The van der Waals surface area contributed by atoms with Crippen molar-refractivity contribution in [3.05, 3.63) is 34.5 Å². The van der Waals surface area contributed by atoms with Crippen LogP contribution in [0, 0.1) is 0 Å². The van der Waals surface area contributed by atoms with Crippen molar-refractivity contribution in [2.75, 3.05) is 0 Å². The summed E-state index contributed by atoms with van der Waals surface area (Å²) in [7, 11) is 0. The number of rotatable bonds is 1. The first-order valence-corrected chi connectivity index (χ1v) is 4.38. The van der Waals surface area contributed by atoms with E-state index < -0.39 is 5.97 Å². The van der Waals surface area contributed by atoms with Crippen LogP contribution in [0.15, 0.2) is 33.2 Å². The molecule has 5 heteroatoms. The smallest absolute Gasteiger partial charge is 0.371 e. The van der Waals surface area contributed by atoms with Crippen molar-refractivity contribution in [3.8, 4) is 0 Å². The van der Waals surface area contributed by atoms with Gasteiger partial charge in [-0.3, -0.25) is 0 Å². The maximum atomic E-state index is 10.6. The van der Waals surface area contributed by atoms with Gasteiger partial charge < -0.3 is 9.52 Å². The zero-order chi connectivity index (χ0) is 9.42. The molecule has 2 rings (SSSR count). The molecule has 0 saturated heterocycles. The summed E-state index contributed by atoms with van der Waals surface area (Å²) in [5.41, 5.74) is 0.584. The zero-order valence-electron chi connectivity index (χ0n) is 7.45. The Balaban J connectivity index is 0.000000980. The number of furan rings is 1. The molecule has 0 saturated carbocycles. The SMILES string of the molecule is O=C(O)c1cc2cc(Br)ccc2o1.[Na]. The fourth-order valence-corrected chi connectivity index (χ4v) is 1.50. The van der Waals surface area contributed by atoms with Crippen molar-refractivity contribution < 1.29 is 14.3 Å². The maximum Gasteiger partial charge on any atom is 0.371 e. The monoisotopic (exact) mass is 263 g/mol. The van der Waals surface area contributed by atoms with Gasteiger partial charge in [0.2, 0.25) is 5.76 Å². The third kappa shape index (κ3) is 2.20. The van der Waals surface area contributed by atoms with E-state index in [0.717, 1.165) is 9.86 Å². The van der Waals surface area contributed by atoms with E-state index in [2.05, 4.69) is 15.9 Å². The first kappa shape index (κ1) is 11.8. The van der Waals surface area contributed by atoms with Gasteiger partial charge in [0.15, 0.2) is 0 Å². The van der Waals surface area contributed by atoms with Crippen LogP contribution in [0.25, 0.3) is 11.0 Å². The van der Waals surface area contributed by atoms with Crippen LogP contribution >= 0.6 is 15.9 Å². The van der Waals surface area contributed by atoms with Crippen LogP contribution in [0.4, 0.5) is 0 Å². The van der Waals surface area contributed by atoms with E-state index in [4.69, 9.17) is 9.52 Å². The Kier molecular flexibility index (Phi) is 3.78. The summed E-state index contributed by atoms with van der Waals surface area (Å²) in [6.07, 6.45) is 0. The van der Waals surface area contributed by atoms with Crippen molar-refractivity contribution in [1.29, 1.82) is 0 Å². The summed E-state index contributed by atoms with van der Waals surface area (Å²) in [5, 5.41) is 9.43. The second kappa shape index (κ2) is 4.49. The van der Waals surface area contributed by atoms with E-state index in [1.807, 2.05) is 6.07 Å². The Morgan fingerprint density at radius 3 is 2.71 bits per heavy atom. The molecule has 1 aromatic carbocycles. The molecule has 0 spiro atoms. The Bertz CT molecular complexity index is 478. The van der Waals surface area contributed by atoms with E-state index in [-0.39, 0.29) is 35.3 Å². The van der Waals surface area contributed by atoms with Crippen molar-refractivity contribution >= 4 is 62.4 Å². The Morgan fingerprint density at radius 1 is 1.36 bits per heavy atom. The summed E-state index contributed by atoms with van der Waals surface area (Å²) in [6, 6.07) is 6.84. The van der Waals surface area contributed by atoms with Crippen molar-refractivity contribution in [1.82, 2.24) is 0 Å². The molecule has 0 aliphatic heterocycles. The molecule has 67 valence electrons. The van der Waals surface area contributed by atoms with Gasteiger partial charge >= 0.3 is 5.97 Å². The quantitative estimate of drug-likeness (QED) is 0.805. The van der Waals surface area contributed by atoms with Gasteiger partial charge in [-0.05, 0) is 24.3 Å². The summed E-state index contributed by atoms with van der Waals surface area (Å²) in [6.45, 7) is 0. The number of halogens is 1. The number of carboxylic acids is 1. The van der Waals surface area contributed by atoms with Gasteiger partial charge in [0.1, 0.15) is 5.58 Å². The molecule has 1 N–H and O–H groups in total. The normalized spacial score (nSPS) is 9.79. The minimum Gasteiger partial charge on any atom is -0.475 e. The first-order valence-electron chi connectivity index (χ1n) is 3.59. The first-order chi connectivity index (χ1) is 6.16. The molecule has 0 unspecified atom stereocenters. The van der Waals surface area contributed by atoms with Crippen LogP contribution in [0.2, 0.25) is 0 Å². The Labute approximate surface area is 111 Å². The predicted molar refractivity (Wildman–Crippen MR) is 56.6 cm³/mol. The molecule has 0 aliphatic carbocycles. The van der Waals surface area contributed by atoms with E-state index >= 15 is 0 Å². The number of hydrogen-bond acceptors (Lipinski definition) is 2. The number of aromatic carboxylic acids is 1. The van der Waals surface area contributed by atoms with Gasteiger partial charge in [0.05, 0.1) is 0 Å². The molecule has 1 radical (unpaired) electrons. The standard InChI is InChI=1S/C9H5BrO3.Na/c10-6-1-2-7-5(3-6)4-8(13-7)9(11)12;/h1-4H,(H,11,12);. The molecule has 0 atom stereocenters. The van der Waals surface area contributed by atoms with E-state index in [9.17, 15) is 4.79 Å². The Morgan fingerprint density at radius 2 is 2.07 bits per heavy atom. The van der Waals surface area contributed by atoms with Crippen molar-refractivity contribution in [2.24, 2.45) is 0 Å². The number of hydrogen-bond donors (Lipinski definition) is 1. The maximum absolute atomic E-state index is 10.6. The second-order valence-electron chi connectivity index (χ2n) is 2.60. The zero-order valence-corrected chi connectivity index (χ0v) is 11.0. The van der Waals surface area contributed by atoms with Gasteiger partial charge in [0, 0.05) is 39.4 Å². The topological polar surface area (TPSA) is 50.4 Å². The van der Waals surface area contributed by atoms with Crippen molar-refractivity contribution in [3.63, 3.8) is 0 Å². The predicted octanol–water partition coefficient (Wildman–Crippen LogP) is 2.51. The van der Waals surface area contributed by atoms with Gasteiger partial charge in [0.25, 0.3) is 0 Å². The van der Waals surface area contributed by atoms with Gasteiger partial charge in [-0.2, -0.15) is 0 Å². The molecular weight excluding hydrogens is 259 g/mol. The van der Waals surface area contributed by atoms with E-state index in [1.54, 1.807) is 12.1 Å². The third-order valence-electron chi connectivity index (χ3n) is 1.69. The molecule has 0 amide bonds. The van der Waals surface area contributed by atoms with Gasteiger partial charge in [-0.1, -0.05) is 15.9 Å². The largest absolute Gasteiger partial charge is 0.475 e. The summed E-state index contributed by atoms with van der Waals surface area (Å²) in [5.74, 6) is -1.08. The van der Waals surface area contributed by atoms with E-state index in [0.29, 0.717) is 5.58 Å². The summed E-state index contributed by atoms with van der Waals surface area (Å²) in [4.78, 5) is 10.6. The molecule has 0 fully saturated rings. The third-order valence-corrected chi connectivity index (χ3v) is 2.18. The molecule has 2 aromatic rings. The molecule has 1 aromatic heterocycles. The Hall–Kier alpha value is -0.290. The average Bonchev–Trinajstić information content (AvgIpc) is 2.46. The second-order valence-corrected chi connectivity index (χ2v) is 3.51. The molecule has 14 heavy (non-hydrogen) atoms. The van der Waals surface area contributed by atoms with Gasteiger partial charge in [-0.15, -0.1) is 0 Å². The van der Waals surface area contributed by atoms with Crippen LogP contribution in [-0.4, -0.2) is 40.6 Å². The number of carboxylic acid groups (broad SMARTS) is 1. The van der Waals surface area contributed by atoms with Crippen molar-refractivity contribution in [2.45, 2.75) is 0 Å². The fourth-order valence-electron chi connectivity index (χ4n) is 1.12. The number of carbonyl (C=O) groups is 1. The molecular formula is C9H5BrNaO3. The summed E-state index contributed by atoms with van der Waals surface area (Å²) < 4.78 is 5.96. The van der Waals surface area contributed by atoms with Crippen LogP contribution in [0.3, 0.4) is 0 Å². The van der Waals surface area contributed by atoms with Crippen LogP contribution in [0.1, 0.15) is 10.6 Å². The fraction of sp³-hybridized carbons (Fsp3) is 0. The summed E-state index contributed by atoms with van der Waals surface area (Å²) >= 11 is 3.29. The molecule has 0 aliphatic rings. The number of benzene rings is 1. The van der Waals surface area contributed by atoms with Crippen LogP contribution < -0.4 is 0 Å². The number of fused-ring (bicyclic) bond motifs is 1. The van der Waals surface area contributed by atoms with Crippen LogP contribution in [-0.2, 0) is 0 Å². The minimum atomic E-state index is -1.05. The average molecular weight is 264 g/mol. The van der Waals surface area contributed by atoms with E-state index in [1.165, 1.54) is 6.07 Å². The molecule has 0 bridgehead atoms. The van der Waals surface area contributed by atoms with Gasteiger partial charge in [-0.25, -0.2) is 4.79 Å². The molecule has 1 heterocycles. The molecule has 3 nitrogen and oxygen atoms in total. The van der Waals surface area contributed by atoms with Crippen LogP contribution in [0.5, 0.6) is 0 Å².